The maximum atomic E-state index is 12.1. The van der Waals surface area contributed by atoms with E-state index in [2.05, 4.69) is 10.6 Å². The Morgan fingerprint density at radius 3 is 2.17 bits per heavy atom. The Kier molecular flexibility index (Phi) is 5.71. The number of hydrogen-bond acceptors (Lipinski definition) is 3. The highest BCUT2D eigenvalue weighted by Gasteiger charge is 2.27. The summed E-state index contributed by atoms with van der Waals surface area (Å²) in [4.78, 5) is 24.2. The Morgan fingerprint density at radius 1 is 1.04 bits per heavy atom. The number of rotatable bonds is 6. The second-order valence-corrected chi connectivity index (χ2v) is 5.96. The van der Waals surface area contributed by atoms with E-state index in [0.29, 0.717) is 11.3 Å². The third-order valence-electron chi connectivity index (χ3n) is 3.71. The van der Waals surface area contributed by atoms with E-state index in [1.165, 1.54) is 0 Å². The molecule has 0 aliphatic rings. The third-order valence-corrected chi connectivity index (χ3v) is 3.71. The van der Waals surface area contributed by atoms with Gasteiger partial charge in [-0.05, 0) is 31.5 Å². The lowest BCUT2D eigenvalue weighted by Crippen LogP contribution is -2.43. The molecule has 0 bridgehead atoms. The zero-order chi connectivity index (χ0) is 17.6. The van der Waals surface area contributed by atoms with Crippen molar-refractivity contribution in [3.8, 4) is 0 Å². The smallest absolute Gasteiger partial charge is 0.246 e. The molecule has 2 atom stereocenters. The van der Waals surface area contributed by atoms with Crippen LogP contribution in [0.4, 0.5) is 5.69 Å². The predicted octanol–water partition coefficient (Wildman–Crippen LogP) is 2.43. The summed E-state index contributed by atoms with van der Waals surface area (Å²) in [5.74, 6) is -0.700. The van der Waals surface area contributed by atoms with Crippen LogP contribution in [-0.4, -0.2) is 23.0 Å². The van der Waals surface area contributed by atoms with Gasteiger partial charge in [-0.2, -0.15) is 0 Å². The van der Waals surface area contributed by atoms with Gasteiger partial charge in [-0.1, -0.05) is 48.5 Å². The fourth-order valence-corrected chi connectivity index (χ4v) is 2.34. The summed E-state index contributed by atoms with van der Waals surface area (Å²) in [5, 5.41) is 15.8. The molecule has 126 valence electrons. The molecule has 0 aliphatic carbocycles. The predicted molar refractivity (Wildman–Crippen MR) is 93.3 cm³/mol. The number of hydrogen-bond donors (Lipinski definition) is 3. The largest absolute Gasteiger partial charge is 0.385 e. The van der Waals surface area contributed by atoms with Crippen LogP contribution in [0.15, 0.2) is 60.7 Å². The zero-order valence-electron chi connectivity index (χ0n) is 13.8. The van der Waals surface area contributed by atoms with Crippen LogP contribution >= 0.6 is 0 Å². The van der Waals surface area contributed by atoms with Gasteiger partial charge in [-0.15, -0.1) is 0 Å². The number of carbonyl (C=O) groups is 2. The molecule has 5 nitrogen and oxygen atoms in total. The first-order valence-electron chi connectivity index (χ1n) is 7.82. The van der Waals surface area contributed by atoms with Crippen LogP contribution in [0, 0.1) is 0 Å². The second-order valence-electron chi connectivity index (χ2n) is 5.96. The minimum atomic E-state index is -1.29. The van der Waals surface area contributed by atoms with Crippen molar-refractivity contribution in [3.63, 3.8) is 0 Å². The first kappa shape index (κ1) is 17.7. The van der Waals surface area contributed by atoms with Crippen LogP contribution in [0.3, 0.4) is 0 Å². The molecule has 2 amide bonds. The van der Waals surface area contributed by atoms with Gasteiger partial charge in [0.05, 0.1) is 12.0 Å². The molecule has 0 spiro atoms. The highest BCUT2D eigenvalue weighted by atomic mass is 16.3. The van der Waals surface area contributed by atoms with Crippen molar-refractivity contribution in [1.29, 1.82) is 0 Å². The van der Waals surface area contributed by atoms with Gasteiger partial charge < -0.3 is 15.7 Å². The van der Waals surface area contributed by atoms with E-state index >= 15 is 0 Å². The van der Waals surface area contributed by atoms with Gasteiger partial charge in [0.15, 0.2) is 0 Å². The third kappa shape index (κ3) is 4.93. The molecular formula is C19H22N2O3. The van der Waals surface area contributed by atoms with E-state index in [1.54, 1.807) is 50.2 Å². The average molecular weight is 326 g/mol. The van der Waals surface area contributed by atoms with Gasteiger partial charge in [0.25, 0.3) is 0 Å². The van der Waals surface area contributed by atoms with Crippen molar-refractivity contribution < 1.29 is 14.7 Å². The summed E-state index contributed by atoms with van der Waals surface area (Å²) >= 11 is 0. The van der Waals surface area contributed by atoms with Gasteiger partial charge in [0, 0.05) is 5.69 Å². The highest BCUT2D eigenvalue weighted by molar-refractivity contribution is 5.96. The van der Waals surface area contributed by atoms with Gasteiger partial charge in [0.1, 0.15) is 6.04 Å². The molecule has 5 heteroatoms. The lowest BCUT2D eigenvalue weighted by atomic mass is 9.92. The van der Waals surface area contributed by atoms with E-state index in [4.69, 9.17) is 0 Å². The van der Waals surface area contributed by atoms with E-state index in [0.717, 1.165) is 0 Å². The van der Waals surface area contributed by atoms with Crippen molar-refractivity contribution in [2.24, 2.45) is 0 Å². The summed E-state index contributed by atoms with van der Waals surface area (Å²) in [7, 11) is 0. The minimum Gasteiger partial charge on any atom is -0.385 e. The molecule has 24 heavy (non-hydrogen) atoms. The van der Waals surface area contributed by atoms with Crippen molar-refractivity contribution in [2.45, 2.75) is 31.9 Å². The minimum absolute atomic E-state index is 0.125. The molecule has 0 aliphatic heterocycles. The van der Waals surface area contributed by atoms with Crippen LogP contribution < -0.4 is 10.6 Å². The molecule has 0 radical (unpaired) electrons. The number of para-hydroxylation sites is 1. The molecular weight excluding hydrogens is 304 g/mol. The molecule has 2 unspecified atom stereocenters. The monoisotopic (exact) mass is 326 g/mol. The lowest BCUT2D eigenvalue weighted by molar-refractivity contribution is -0.129. The molecule has 0 aromatic heterocycles. The molecule has 0 heterocycles. The maximum absolute atomic E-state index is 12.1. The maximum Gasteiger partial charge on any atom is 0.246 e. The number of amides is 2. The Balaban J connectivity index is 1.90. The van der Waals surface area contributed by atoms with E-state index in [1.807, 2.05) is 24.3 Å². The van der Waals surface area contributed by atoms with Crippen molar-refractivity contribution in [2.75, 3.05) is 5.32 Å². The molecule has 2 aromatic carbocycles. The van der Waals surface area contributed by atoms with Crippen molar-refractivity contribution >= 4 is 17.5 Å². The van der Waals surface area contributed by atoms with Crippen LogP contribution in [0.2, 0.25) is 0 Å². The second kappa shape index (κ2) is 7.75. The highest BCUT2D eigenvalue weighted by Crippen LogP contribution is 2.23. The number of benzene rings is 2. The standard InChI is InChI=1S/C19H22N2O3/c1-14(18(23)21-16-11-7-4-8-12-16)20-17(22)13-19(2,24)15-9-5-3-6-10-15/h3-12,14,24H,13H2,1-2H3,(H,20,22)(H,21,23). The van der Waals surface area contributed by atoms with Gasteiger partial charge in [-0.25, -0.2) is 0 Å². The molecule has 0 fully saturated rings. The first-order valence-corrected chi connectivity index (χ1v) is 7.82. The summed E-state index contributed by atoms with van der Waals surface area (Å²) in [5.41, 5.74) is 0.0301. The number of carbonyl (C=O) groups excluding carboxylic acids is 2. The van der Waals surface area contributed by atoms with Crippen LogP contribution in [0.25, 0.3) is 0 Å². The van der Waals surface area contributed by atoms with Crippen LogP contribution in [-0.2, 0) is 15.2 Å². The topological polar surface area (TPSA) is 78.4 Å². The zero-order valence-corrected chi connectivity index (χ0v) is 13.8. The molecule has 2 rings (SSSR count). The molecule has 3 N–H and O–H groups in total. The Labute approximate surface area is 141 Å². The molecule has 2 aromatic rings. The van der Waals surface area contributed by atoms with Gasteiger partial charge >= 0.3 is 0 Å². The average Bonchev–Trinajstić information content (AvgIpc) is 2.56. The fourth-order valence-electron chi connectivity index (χ4n) is 2.34. The van der Waals surface area contributed by atoms with Crippen LogP contribution in [0.1, 0.15) is 25.8 Å². The molecule has 0 saturated carbocycles. The number of nitrogens with one attached hydrogen (secondary N) is 2. The van der Waals surface area contributed by atoms with E-state index in [9.17, 15) is 14.7 Å². The van der Waals surface area contributed by atoms with Crippen LogP contribution in [0.5, 0.6) is 0 Å². The number of anilines is 1. The summed E-state index contributed by atoms with van der Waals surface area (Å²) in [6.45, 7) is 3.18. The number of aliphatic hydroxyl groups is 1. The van der Waals surface area contributed by atoms with Crippen molar-refractivity contribution in [1.82, 2.24) is 5.32 Å². The first-order chi connectivity index (χ1) is 11.4. The lowest BCUT2D eigenvalue weighted by Gasteiger charge is -2.24. The van der Waals surface area contributed by atoms with Gasteiger partial charge in [-0.3, -0.25) is 9.59 Å². The Hall–Kier alpha value is -2.66. The van der Waals surface area contributed by atoms with E-state index in [-0.39, 0.29) is 18.2 Å². The SMILES string of the molecule is CC(NC(=O)CC(C)(O)c1ccccc1)C(=O)Nc1ccccc1. The quantitative estimate of drug-likeness (QED) is 0.763. The summed E-state index contributed by atoms with van der Waals surface area (Å²) in [6.07, 6.45) is -0.125. The molecule has 0 saturated heterocycles. The summed E-state index contributed by atoms with van der Waals surface area (Å²) < 4.78 is 0. The normalized spacial score (nSPS) is 14.3. The van der Waals surface area contributed by atoms with Gasteiger partial charge in [0.2, 0.25) is 11.8 Å². The Bertz CT molecular complexity index is 684. The van der Waals surface area contributed by atoms with E-state index < -0.39 is 11.6 Å². The fraction of sp³-hybridized carbons (Fsp3) is 0.263. The summed E-state index contributed by atoms with van der Waals surface area (Å²) in [6, 6.07) is 17.3. The Morgan fingerprint density at radius 2 is 1.58 bits per heavy atom. The van der Waals surface area contributed by atoms with Crippen molar-refractivity contribution in [3.05, 3.63) is 66.2 Å².